The van der Waals surface area contributed by atoms with Gasteiger partial charge in [0.15, 0.2) is 0 Å². The van der Waals surface area contributed by atoms with Crippen molar-refractivity contribution < 1.29 is 0 Å². The largest absolute Gasteiger partial charge is 0.149 e. The van der Waals surface area contributed by atoms with E-state index >= 15 is 0 Å². The van der Waals surface area contributed by atoms with Crippen LogP contribution in [0, 0.1) is 6.07 Å². The van der Waals surface area contributed by atoms with Crippen LogP contribution in [-0.2, 0) is 0 Å². The van der Waals surface area contributed by atoms with Crippen molar-refractivity contribution in [3.8, 4) is 5.69 Å². The fourth-order valence-corrected chi connectivity index (χ4v) is 1.90. The van der Waals surface area contributed by atoms with Gasteiger partial charge in [-0.25, -0.2) is 0 Å². The van der Waals surface area contributed by atoms with E-state index in [9.17, 15) is 0 Å². The highest BCUT2D eigenvalue weighted by Gasteiger charge is 2.08. The lowest BCUT2D eigenvalue weighted by Gasteiger charge is -2.01. The van der Waals surface area contributed by atoms with Gasteiger partial charge in [-0.15, -0.1) is 15.0 Å². The van der Waals surface area contributed by atoms with Crippen molar-refractivity contribution in [1.82, 2.24) is 15.0 Å². The van der Waals surface area contributed by atoms with E-state index < -0.39 is 0 Å². The number of aromatic nitrogens is 3. The molecule has 0 atom stereocenters. The summed E-state index contributed by atoms with van der Waals surface area (Å²) in [7, 11) is 0. The van der Waals surface area contributed by atoms with Crippen molar-refractivity contribution in [2.75, 3.05) is 0 Å². The Hall–Kier alpha value is -1.58. The molecule has 2 aromatic carbocycles. The van der Waals surface area contributed by atoms with Crippen molar-refractivity contribution in [2.24, 2.45) is 0 Å². The summed E-state index contributed by atoms with van der Waals surface area (Å²) in [6.07, 6.45) is 0. The molecule has 17 heavy (non-hydrogen) atoms. The van der Waals surface area contributed by atoms with E-state index in [-0.39, 0.29) is 0 Å². The minimum absolute atomic E-state index is 0.478. The number of rotatable bonds is 1. The van der Waals surface area contributed by atoms with Crippen LogP contribution in [0.25, 0.3) is 16.7 Å². The smallest absolute Gasteiger partial charge is 0.113 e. The van der Waals surface area contributed by atoms with E-state index in [4.69, 9.17) is 23.2 Å². The quantitative estimate of drug-likeness (QED) is 0.672. The molecule has 3 rings (SSSR count). The third kappa shape index (κ3) is 1.88. The molecule has 0 aliphatic heterocycles. The molecule has 0 saturated heterocycles. The van der Waals surface area contributed by atoms with Crippen LogP contribution in [0.5, 0.6) is 0 Å². The Morgan fingerprint density at radius 2 is 1.71 bits per heavy atom. The van der Waals surface area contributed by atoms with E-state index in [0.717, 1.165) is 11.0 Å². The standard InChI is InChI=1S/C12H6Cl2N3/c13-8-5-6-9(14)12(7-8)17-15-10-3-1-2-4-11(10)16-17/h1-4,6-7H. The molecule has 1 aromatic heterocycles. The Labute approximate surface area is 108 Å². The molecule has 0 spiro atoms. The van der Waals surface area contributed by atoms with Gasteiger partial charge >= 0.3 is 0 Å². The molecule has 0 unspecified atom stereocenters. The summed E-state index contributed by atoms with van der Waals surface area (Å²) < 4.78 is 0. The third-order valence-corrected chi connectivity index (χ3v) is 2.87. The summed E-state index contributed by atoms with van der Waals surface area (Å²) in [4.78, 5) is 1.48. The molecular formula is C12H6Cl2N3. The van der Waals surface area contributed by atoms with Gasteiger partial charge in [0.2, 0.25) is 0 Å². The van der Waals surface area contributed by atoms with Crippen molar-refractivity contribution in [3.05, 3.63) is 52.5 Å². The normalized spacial score (nSPS) is 10.9. The second-order valence-corrected chi connectivity index (χ2v) is 4.31. The van der Waals surface area contributed by atoms with Gasteiger partial charge in [-0.05, 0) is 24.3 Å². The molecule has 1 radical (unpaired) electrons. The summed E-state index contributed by atoms with van der Waals surface area (Å²) in [6.45, 7) is 0. The zero-order valence-electron chi connectivity index (χ0n) is 8.56. The van der Waals surface area contributed by atoms with Gasteiger partial charge in [-0.3, -0.25) is 0 Å². The van der Waals surface area contributed by atoms with E-state index in [1.807, 2.05) is 24.3 Å². The highest BCUT2D eigenvalue weighted by molar-refractivity contribution is 6.34. The van der Waals surface area contributed by atoms with E-state index in [0.29, 0.717) is 15.7 Å². The fourth-order valence-electron chi connectivity index (χ4n) is 1.56. The van der Waals surface area contributed by atoms with E-state index in [1.54, 1.807) is 12.1 Å². The Morgan fingerprint density at radius 3 is 2.35 bits per heavy atom. The molecule has 5 heteroatoms. The van der Waals surface area contributed by atoms with Crippen molar-refractivity contribution in [1.29, 1.82) is 0 Å². The molecule has 0 fully saturated rings. The highest BCUT2D eigenvalue weighted by Crippen LogP contribution is 2.23. The van der Waals surface area contributed by atoms with Gasteiger partial charge in [-0.1, -0.05) is 35.3 Å². The van der Waals surface area contributed by atoms with Gasteiger partial charge < -0.3 is 0 Å². The van der Waals surface area contributed by atoms with Crippen LogP contribution in [0.3, 0.4) is 0 Å². The molecule has 3 aromatic rings. The summed E-state index contributed by atoms with van der Waals surface area (Å²) in [5, 5.41) is 9.65. The summed E-state index contributed by atoms with van der Waals surface area (Å²) in [6, 6.07) is 13.7. The second-order valence-electron chi connectivity index (χ2n) is 3.49. The van der Waals surface area contributed by atoms with Crippen molar-refractivity contribution in [3.63, 3.8) is 0 Å². The molecule has 83 valence electrons. The SMILES string of the molecule is Clc1[c]cc(Cl)c(-n2nc3ccccc3n2)c1. The maximum absolute atomic E-state index is 6.07. The summed E-state index contributed by atoms with van der Waals surface area (Å²) in [5.74, 6) is 0. The maximum atomic E-state index is 6.07. The maximum Gasteiger partial charge on any atom is 0.113 e. The highest BCUT2D eigenvalue weighted by atomic mass is 35.5. The number of halogens is 2. The first-order valence-corrected chi connectivity index (χ1v) is 5.69. The average molecular weight is 263 g/mol. The van der Waals surface area contributed by atoms with Gasteiger partial charge in [0.1, 0.15) is 16.7 Å². The van der Waals surface area contributed by atoms with Gasteiger partial charge in [0.05, 0.1) is 10.0 Å². The Balaban J connectivity index is 2.23. The molecule has 3 nitrogen and oxygen atoms in total. The van der Waals surface area contributed by atoms with E-state index in [2.05, 4.69) is 16.3 Å². The monoisotopic (exact) mass is 262 g/mol. The predicted molar refractivity (Wildman–Crippen MR) is 67.7 cm³/mol. The average Bonchev–Trinajstić information content (AvgIpc) is 2.75. The van der Waals surface area contributed by atoms with Crippen LogP contribution < -0.4 is 0 Å². The minimum Gasteiger partial charge on any atom is -0.149 e. The number of hydrogen-bond donors (Lipinski definition) is 0. The molecule has 0 aliphatic rings. The van der Waals surface area contributed by atoms with Crippen molar-refractivity contribution >= 4 is 34.2 Å². The minimum atomic E-state index is 0.478. The number of nitrogens with zero attached hydrogens (tertiary/aromatic N) is 3. The van der Waals surface area contributed by atoms with Crippen LogP contribution >= 0.6 is 23.2 Å². The van der Waals surface area contributed by atoms with Crippen LogP contribution in [-0.4, -0.2) is 15.0 Å². The van der Waals surface area contributed by atoms with Crippen LogP contribution in [0.4, 0.5) is 0 Å². The first-order chi connectivity index (χ1) is 8.24. The molecule has 0 saturated carbocycles. The van der Waals surface area contributed by atoms with Crippen LogP contribution in [0.2, 0.25) is 10.0 Å². The molecular weight excluding hydrogens is 257 g/mol. The Morgan fingerprint density at radius 1 is 1.06 bits per heavy atom. The number of benzene rings is 2. The number of hydrogen-bond acceptors (Lipinski definition) is 2. The first kappa shape index (κ1) is 10.6. The van der Waals surface area contributed by atoms with Gasteiger partial charge in [0, 0.05) is 6.07 Å². The van der Waals surface area contributed by atoms with Gasteiger partial charge in [-0.2, -0.15) is 0 Å². The Kier molecular flexibility index (Phi) is 2.50. The molecule has 0 N–H and O–H groups in total. The zero-order valence-corrected chi connectivity index (χ0v) is 10.1. The fraction of sp³-hybridized carbons (Fsp3) is 0. The first-order valence-electron chi connectivity index (χ1n) is 4.93. The van der Waals surface area contributed by atoms with E-state index in [1.165, 1.54) is 4.80 Å². The van der Waals surface area contributed by atoms with Crippen LogP contribution in [0.15, 0.2) is 36.4 Å². The lowest BCUT2D eigenvalue weighted by molar-refractivity contribution is 0.766. The second kappa shape index (κ2) is 4.02. The summed E-state index contributed by atoms with van der Waals surface area (Å²) >= 11 is 11.9. The lowest BCUT2D eigenvalue weighted by Crippen LogP contribution is -1.99. The van der Waals surface area contributed by atoms with Crippen LogP contribution in [0.1, 0.15) is 0 Å². The van der Waals surface area contributed by atoms with Gasteiger partial charge in [0.25, 0.3) is 0 Å². The molecule has 0 aliphatic carbocycles. The zero-order chi connectivity index (χ0) is 11.8. The third-order valence-electron chi connectivity index (χ3n) is 2.35. The molecule has 1 heterocycles. The predicted octanol–water partition coefficient (Wildman–Crippen LogP) is 3.53. The molecule has 0 amide bonds. The number of fused-ring (bicyclic) bond motifs is 1. The lowest BCUT2D eigenvalue weighted by atomic mass is 10.3. The molecule has 0 bridgehead atoms. The topological polar surface area (TPSA) is 30.7 Å². The summed E-state index contributed by atoms with van der Waals surface area (Å²) in [5.41, 5.74) is 2.27. The van der Waals surface area contributed by atoms with Crippen molar-refractivity contribution in [2.45, 2.75) is 0 Å². The Bertz CT molecular complexity index is 658.